The highest BCUT2D eigenvalue weighted by molar-refractivity contribution is 7.09. The Morgan fingerprint density at radius 3 is 2.79 bits per heavy atom. The first kappa shape index (κ1) is 15.4. The van der Waals surface area contributed by atoms with Gasteiger partial charge >= 0.3 is 0 Å². The van der Waals surface area contributed by atoms with E-state index in [4.69, 9.17) is 4.98 Å². The lowest BCUT2D eigenvalue weighted by Crippen LogP contribution is -2.45. The summed E-state index contributed by atoms with van der Waals surface area (Å²) in [5, 5.41) is 6.84. The van der Waals surface area contributed by atoms with E-state index < -0.39 is 0 Å². The van der Waals surface area contributed by atoms with Crippen molar-refractivity contribution in [2.24, 2.45) is 0 Å². The molecular weight excluding hydrogens is 316 g/mol. The second-order valence-corrected chi connectivity index (χ2v) is 6.91. The quantitative estimate of drug-likeness (QED) is 0.793. The van der Waals surface area contributed by atoms with Crippen LogP contribution >= 0.6 is 11.3 Å². The molecule has 1 atom stereocenters. The highest BCUT2D eigenvalue weighted by Crippen LogP contribution is 2.27. The van der Waals surface area contributed by atoms with Gasteiger partial charge in [0.1, 0.15) is 5.01 Å². The number of thiazole rings is 1. The summed E-state index contributed by atoms with van der Waals surface area (Å²) >= 11 is 1.75. The fourth-order valence-electron chi connectivity index (χ4n) is 3.15. The zero-order chi connectivity index (χ0) is 16.2. The summed E-state index contributed by atoms with van der Waals surface area (Å²) in [4.78, 5) is 11.5. The van der Waals surface area contributed by atoms with Gasteiger partial charge in [-0.15, -0.1) is 11.3 Å². The lowest BCUT2D eigenvalue weighted by molar-refractivity contribution is 0.153. The zero-order valence-corrected chi connectivity index (χ0v) is 14.2. The van der Waals surface area contributed by atoms with Gasteiger partial charge in [-0.1, -0.05) is 30.3 Å². The van der Waals surface area contributed by atoms with E-state index in [0.29, 0.717) is 6.04 Å². The van der Waals surface area contributed by atoms with Crippen LogP contribution in [0.25, 0.3) is 11.3 Å². The number of hydrogen-bond donors (Lipinski definition) is 1. The summed E-state index contributed by atoms with van der Waals surface area (Å²) in [7, 11) is 0. The average Bonchev–Trinajstić information content (AvgIpc) is 3.12. The molecule has 1 fully saturated rings. The van der Waals surface area contributed by atoms with Gasteiger partial charge in [0.2, 0.25) is 0 Å². The monoisotopic (exact) mass is 336 g/mol. The lowest BCUT2D eigenvalue weighted by Gasteiger charge is -2.35. The molecule has 1 aliphatic rings. The zero-order valence-electron chi connectivity index (χ0n) is 13.4. The molecule has 0 radical (unpaired) electrons. The standard InChI is InChI=1S/C19H20N4S/c1-2-4-15(5-3-1)17-14-24-19(22-17)13-23-11-10-21-12-18(23)16-6-8-20-9-7-16/h1-9,14,18,21H,10-13H2. The third-order valence-electron chi connectivity index (χ3n) is 4.40. The number of nitrogens with one attached hydrogen (secondary N) is 1. The Balaban J connectivity index is 1.52. The highest BCUT2D eigenvalue weighted by Gasteiger charge is 2.24. The number of piperazine rings is 1. The van der Waals surface area contributed by atoms with E-state index in [-0.39, 0.29) is 0 Å². The molecule has 1 unspecified atom stereocenters. The first-order valence-corrected chi connectivity index (χ1v) is 9.12. The molecule has 0 aliphatic carbocycles. The molecule has 1 saturated heterocycles. The summed E-state index contributed by atoms with van der Waals surface area (Å²) in [6.45, 7) is 3.93. The second-order valence-electron chi connectivity index (χ2n) is 5.96. The molecule has 0 amide bonds. The summed E-state index contributed by atoms with van der Waals surface area (Å²) < 4.78 is 0. The molecule has 122 valence electrons. The van der Waals surface area contributed by atoms with Crippen molar-refractivity contribution in [3.05, 3.63) is 70.8 Å². The van der Waals surface area contributed by atoms with E-state index in [1.165, 1.54) is 16.1 Å². The van der Waals surface area contributed by atoms with Crippen LogP contribution in [-0.4, -0.2) is 34.5 Å². The summed E-state index contributed by atoms with van der Waals surface area (Å²) in [6.07, 6.45) is 3.75. The number of aromatic nitrogens is 2. The van der Waals surface area contributed by atoms with Crippen molar-refractivity contribution in [3.8, 4) is 11.3 Å². The smallest absolute Gasteiger partial charge is 0.107 e. The van der Waals surface area contributed by atoms with Crippen LogP contribution in [0, 0.1) is 0 Å². The van der Waals surface area contributed by atoms with E-state index in [1.54, 1.807) is 11.3 Å². The van der Waals surface area contributed by atoms with Crippen LogP contribution in [0.4, 0.5) is 0 Å². The molecule has 1 aromatic carbocycles. The molecule has 4 nitrogen and oxygen atoms in total. The molecule has 3 aromatic rings. The molecule has 24 heavy (non-hydrogen) atoms. The van der Waals surface area contributed by atoms with Crippen LogP contribution in [0.2, 0.25) is 0 Å². The predicted octanol–water partition coefficient (Wildman–Crippen LogP) is 3.35. The van der Waals surface area contributed by atoms with E-state index >= 15 is 0 Å². The minimum atomic E-state index is 0.380. The molecule has 4 rings (SSSR count). The molecule has 0 saturated carbocycles. The fraction of sp³-hybridized carbons (Fsp3) is 0.263. The maximum atomic E-state index is 4.85. The molecule has 5 heteroatoms. The van der Waals surface area contributed by atoms with Gasteiger partial charge in [0, 0.05) is 49.0 Å². The molecular formula is C19H20N4S. The molecule has 1 aliphatic heterocycles. The van der Waals surface area contributed by atoms with Crippen LogP contribution in [0.1, 0.15) is 16.6 Å². The van der Waals surface area contributed by atoms with E-state index in [1.807, 2.05) is 18.5 Å². The Hall–Kier alpha value is -2.08. The summed E-state index contributed by atoms with van der Waals surface area (Å²) in [5.74, 6) is 0. The van der Waals surface area contributed by atoms with Crippen LogP contribution < -0.4 is 5.32 Å². The molecule has 1 N–H and O–H groups in total. The van der Waals surface area contributed by atoms with Gasteiger partial charge < -0.3 is 5.32 Å². The van der Waals surface area contributed by atoms with Gasteiger partial charge in [0.25, 0.3) is 0 Å². The fourth-order valence-corrected chi connectivity index (χ4v) is 3.98. The van der Waals surface area contributed by atoms with E-state index in [0.717, 1.165) is 31.9 Å². The predicted molar refractivity (Wildman–Crippen MR) is 97.8 cm³/mol. The number of pyridine rings is 1. The van der Waals surface area contributed by atoms with Crippen molar-refractivity contribution in [1.29, 1.82) is 0 Å². The van der Waals surface area contributed by atoms with Gasteiger partial charge in [-0.05, 0) is 17.7 Å². The molecule has 0 bridgehead atoms. The molecule has 2 aromatic heterocycles. The molecule has 0 spiro atoms. The first-order valence-electron chi connectivity index (χ1n) is 8.25. The average molecular weight is 336 g/mol. The van der Waals surface area contributed by atoms with Crippen molar-refractivity contribution in [3.63, 3.8) is 0 Å². The van der Waals surface area contributed by atoms with Crippen molar-refractivity contribution in [2.45, 2.75) is 12.6 Å². The minimum Gasteiger partial charge on any atom is -0.314 e. The van der Waals surface area contributed by atoms with Crippen LogP contribution in [-0.2, 0) is 6.54 Å². The van der Waals surface area contributed by atoms with Gasteiger partial charge in [-0.25, -0.2) is 4.98 Å². The van der Waals surface area contributed by atoms with Gasteiger partial charge in [-0.3, -0.25) is 9.88 Å². The Morgan fingerprint density at radius 1 is 1.12 bits per heavy atom. The minimum absolute atomic E-state index is 0.380. The Labute approximate surface area is 146 Å². The van der Waals surface area contributed by atoms with E-state index in [9.17, 15) is 0 Å². The van der Waals surface area contributed by atoms with Crippen LogP contribution in [0.5, 0.6) is 0 Å². The first-order chi connectivity index (χ1) is 11.9. The van der Waals surface area contributed by atoms with Gasteiger partial charge in [0.15, 0.2) is 0 Å². The van der Waals surface area contributed by atoms with E-state index in [2.05, 4.69) is 57.0 Å². The Kier molecular flexibility index (Phi) is 4.64. The number of rotatable bonds is 4. The lowest BCUT2D eigenvalue weighted by atomic mass is 10.0. The number of nitrogens with zero attached hydrogens (tertiary/aromatic N) is 3. The SMILES string of the molecule is c1ccc(-c2csc(CN3CCNCC3c3ccncc3)n2)cc1. The summed E-state index contributed by atoms with van der Waals surface area (Å²) in [6, 6.07) is 15.0. The maximum Gasteiger partial charge on any atom is 0.107 e. The third-order valence-corrected chi connectivity index (χ3v) is 5.24. The summed E-state index contributed by atoms with van der Waals surface area (Å²) in [5.41, 5.74) is 3.58. The van der Waals surface area contributed by atoms with Crippen LogP contribution in [0.3, 0.4) is 0 Å². The van der Waals surface area contributed by atoms with Crippen molar-refractivity contribution < 1.29 is 0 Å². The molecule has 3 heterocycles. The Bertz CT molecular complexity index is 772. The highest BCUT2D eigenvalue weighted by atomic mass is 32.1. The van der Waals surface area contributed by atoms with Crippen molar-refractivity contribution in [1.82, 2.24) is 20.2 Å². The van der Waals surface area contributed by atoms with Crippen molar-refractivity contribution in [2.75, 3.05) is 19.6 Å². The van der Waals surface area contributed by atoms with Gasteiger partial charge in [0.05, 0.1) is 12.2 Å². The van der Waals surface area contributed by atoms with Crippen molar-refractivity contribution >= 4 is 11.3 Å². The Morgan fingerprint density at radius 2 is 1.96 bits per heavy atom. The van der Waals surface area contributed by atoms with Gasteiger partial charge in [-0.2, -0.15) is 0 Å². The number of hydrogen-bond acceptors (Lipinski definition) is 5. The largest absolute Gasteiger partial charge is 0.314 e. The second kappa shape index (κ2) is 7.21. The normalized spacial score (nSPS) is 18.6. The third kappa shape index (κ3) is 3.38. The van der Waals surface area contributed by atoms with Crippen LogP contribution in [0.15, 0.2) is 60.2 Å². The number of benzene rings is 1. The topological polar surface area (TPSA) is 41.0 Å². The maximum absolute atomic E-state index is 4.85.